The normalized spacial score (nSPS) is 11.1. The van der Waals surface area contributed by atoms with Gasteiger partial charge in [0.15, 0.2) is 5.82 Å². The van der Waals surface area contributed by atoms with Crippen molar-refractivity contribution in [3.63, 3.8) is 0 Å². The number of hydrogen-bond acceptors (Lipinski definition) is 4. The van der Waals surface area contributed by atoms with Gasteiger partial charge in [-0.25, -0.2) is 14.8 Å². The van der Waals surface area contributed by atoms with Crippen molar-refractivity contribution >= 4 is 11.7 Å². The minimum Gasteiger partial charge on any atom is -0.394 e. The van der Waals surface area contributed by atoms with Crippen LogP contribution in [0.1, 0.15) is 19.5 Å². The summed E-state index contributed by atoms with van der Waals surface area (Å²) in [4.78, 5) is 20.4. The van der Waals surface area contributed by atoms with Gasteiger partial charge in [-0.15, -0.1) is 0 Å². The van der Waals surface area contributed by atoms with Crippen molar-refractivity contribution in [2.45, 2.75) is 26.3 Å². The average Bonchev–Trinajstić information content (AvgIpc) is 2.47. The maximum Gasteiger partial charge on any atom is 0.319 e. The molecule has 2 aromatic rings. The number of hydrogen-bond donors (Lipinski definition) is 3. The second-order valence-electron chi connectivity index (χ2n) is 5.72. The Balaban J connectivity index is 2.05. The molecule has 2 amide bonds. The van der Waals surface area contributed by atoms with Crippen LogP contribution in [0.3, 0.4) is 0 Å². The molecule has 0 fully saturated rings. The highest BCUT2D eigenvalue weighted by molar-refractivity contribution is 5.90. The first-order chi connectivity index (χ1) is 10.4. The number of carbonyl (C=O) groups excluding carboxylic acids is 1. The molecule has 2 rings (SSSR count). The topological polar surface area (TPSA) is 87.1 Å². The lowest BCUT2D eigenvalue weighted by atomic mass is 10.1. The first kappa shape index (κ1) is 15.9. The van der Waals surface area contributed by atoms with Crippen LogP contribution < -0.4 is 10.6 Å². The number of carbonyl (C=O) groups is 1. The average molecular weight is 300 g/mol. The number of amides is 2. The molecule has 0 radical (unpaired) electrons. The summed E-state index contributed by atoms with van der Waals surface area (Å²) >= 11 is 0. The molecule has 1 aromatic carbocycles. The van der Waals surface area contributed by atoms with E-state index in [0.29, 0.717) is 11.5 Å². The van der Waals surface area contributed by atoms with E-state index in [1.54, 1.807) is 32.2 Å². The minimum atomic E-state index is -0.667. The van der Waals surface area contributed by atoms with Crippen molar-refractivity contribution in [1.29, 1.82) is 0 Å². The molecule has 0 saturated carbocycles. The number of aryl methyl sites for hydroxylation is 1. The summed E-state index contributed by atoms with van der Waals surface area (Å²) in [6, 6.07) is 8.74. The highest BCUT2D eigenvalue weighted by Crippen LogP contribution is 2.18. The van der Waals surface area contributed by atoms with Crippen molar-refractivity contribution in [2.24, 2.45) is 0 Å². The summed E-state index contributed by atoms with van der Waals surface area (Å²) in [5.41, 5.74) is 1.77. The molecular formula is C16H20N4O2. The fraction of sp³-hybridized carbons (Fsp3) is 0.312. The number of nitrogens with zero attached hydrogens (tertiary/aromatic N) is 2. The zero-order chi connectivity index (χ0) is 16.2. The Bertz CT molecular complexity index is 653. The number of nitrogens with one attached hydrogen (secondary N) is 2. The number of rotatable bonds is 4. The van der Waals surface area contributed by atoms with Crippen molar-refractivity contribution in [2.75, 3.05) is 11.9 Å². The third-order valence-corrected chi connectivity index (χ3v) is 3.04. The smallest absolute Gasteiger partial charge is 0.319 e. The lowest BCUT2D eigenvalue weighted by molar-refractivity contribution is 0.187. The molecule has 0 unspecified atom stereocenters. The largest absolute Gasteiger partial charge is 0.394 e. The molecule has 0 atom stereocenters. The lowest BCUT2D eigenvalue weighted by Gasteiger charge is -2.23. The molecule has 0 saturated heterocycles. The number of aromatic nitrogens is 2. The van der Waals surface area contributed by atoms with Crippen molar-refractivity contribution in [3.8, 4) is 11.4 Å². The van der Waals surface area contributed by atoms with E-state index in [2.05, 4.69) is 20.6 Å². The third kappa shape index (κ3) is 4.26. The molecule has 1 aromatic heterocycles. The van der Waals surface area contributed by atoms with Crippen LogP contribution >= 0.6 is 0 Å². The molecule has 0 aliphatic carbocycles. The van der Waals surface area contributed by atoms with Gasteiger partial charge in [-0.2, -0.15) is 0 Å². The highest BCUT2D eigenvalue weighted by atomic mass is 16.3. The summed E-state index contributed by atoms with van der Waals surface area (Å²) in [7, 11) is 0. The first-order valence-electron chi connectivity index (χ1n) is 7.00. The molecule has 1 heterocycles. The summed E-state index contributed by atoms with van der Waals surface area (Å²) < 4.78 is 0. The van der Waals surface area contributed by atoms with E-state index in [4.69, 9.17) is 5.11 Å². The van der Waals surface area contributed by atoms with Gasteiger partial charge in [0.1, 0.15) is 0 Å². The standard InChI is InChI=1S/C16H20N4O2/c1-11-8-9-17-14(18-11)12-4-6-13(7-5-12)19-15(22)20-16(2,3)10-21/h4-9,21H,10H2,1-3H3,(H2,19,20,22). The Kier molecular flexibility index (Phi) is 4.72. The quantitative estimate of drug-likeness (QED) is 0.809. The first-order valence-corrected chi connectivity index (χ1v) is 7.00. The molecule has 3 N–H and O–H groups in total. The summed E-state index contributed by atoms with van der Waals surface area (Å²) in [5, 5.41) is 14.5. The van der Waals surface area contributed by atoms with E-state index in [9.17, 15) is 4.79 Å². The molecule has 6 nitrogen and oxygen atoms in total. The number of anilines is 1. The van der Waals surface area contributed by atoms with Gasteiger partial charge in [0.2, 0.25) is 0 Å². The molecule has 0 bridgehead atoms. The number of benzene rings is 1. The van der Waals surface area contributed by atoms with Crippen molar-refractivity contribution in [1.82, 2.24) is 15.3 Å². The van der Waals surface area contributed by atoms with Crippen molar-refractivity contribution < 1.29 is 9.90 Å². The number of aliphatic hydroxyl groups excluding tert-OH is 1. The van der Waals surface area contributed by atoms with Crippen LogP contribution in [0.5, 0.6) is 0 Å². The van der Waals surface area contributed by atoms with Crippen LogP contribution in [0.25, 0.3) is 11.4 Å². The van der Waals surface area contributed by atoms with Crippen LogP contribution in [0.2, 0.25) is 0 Å². The van der Waals surface area contributed by atoms with E-state index >= 15 is 0 Å². The van der Waals surface area contributed by atoms with E-state index in [-0.39, 0.29) is 12.6 Å². The van der Waals surface area contributed by atoms with Crippen LogP contribution in [-0.4, -0.2) is 33.3 Å². The third-order valence-electron chi connectivity index (χ3n) is 3.04. The van der Waals surface area contributed by atoms with Gasteiger partial charge in [-0.3, -0.25) is 0 Å². The Labute approximate surface area is 129 Å². The van der Waals surface area contributed by atoms with Crippen LogP contribution in [-0.2, 0) is 0 Å². The predicted octanol–water partition coefficient (Wildman–Crippen LogP) is 2.34. The Morgan fingerprint density at radius 3 is 2.50 bits per heavy atom. The lowest BCUT2D eigenvalue weighted by Crippen LogP contribution is -2.48. The maximum atomic E-state index is 11.8. The predicted molar refractivity (Wildman–Crippen MR) is 85.5 cm³/mol. The van der Waals surface area contributed by atoms with Crippen LogP contribution in [0, 0.1) is 6.92 Å². The SMILES string of the molecule is Cc1ccnc(-c2ccc(NC(=O)NC(C)(C)CO)cc2)n1. The van der Waals surface area contributed by atoms with Crippen LogP contribution in [0.4, 0.5) is 10.5 Å². The van der Waals surface area contributed by atoms with Gasteiger partial charge < -0.3 is 15.7 Å². The minimum absolute atomic E-state index is 0.135. The number of aliphatic hydroxyl groups is 1. The molecule has 0 aliphatic rings. The molecule has 6 heteroatoms. The van der Waals surface area contributed by atoms with E-state index in [1.165, 1.54) is 0 Å². The Morgan fingerprint density at radius 1 is 1.23 bits per heavy atom. The maximum absolute atomic E-state index is 11.8. The highest BCUT2D eigenvalue weighted by Gasteiger charge is 2.18. The summed E-state index contributed by atoms with van der Waals surface area (Å²) in [5.74, 6) is 0.650. The van der Waals surface area contributed by atoms with Gasteiger partial charge >= 0.3 is 6.03 Å². The Morgan fingerprint density at radius 2 is 1.91 bits per heavy atom. The van der Waals surface area contributed by atoms with E-state index in [0.717, 1.165) is 11.3 Å². The zero-order valence-electron chi connectivity index (χ0n) is 12.9. The monoisotopic (exact) mass is 300 g/mol. The van der Waals surface area contributed by atoms with Gasteiger partial charge in [0, 0.05) is 23.1 Å². The fourth-order valence-corrected chi connectivity index (χ4v) is 1.80. The van der Waals surface area contributed by atoms with Gasteiger partial charge in [-0.1, -0.05) is 0 Å². The second-order valence-corrected chi connectivity index (χ2v) is 5.72. The molecular weight excluding hydrogens is 280 g/mol. The van der Waals surface area contributed by atoms with Gasteiger partial charge in [0.25, 0.3) is 0 Å². The molecule has 0 aliphatic heterocycles. The molecule has 0 spiro atoms. The van der Waals surface area contributed by atoms with Crippen molar-refractivity contribution in [3.05, 3.63) is 42.2 Å². The number of urea groups is 1. The Hall–Kier alpha value is -2.47. The summed E-state index contributed by atoms with van der Waals surface area (Å²) in [6.45, 7) is 5.26. The molecule has 22 heavy (non-hydrogen) atoms. The fourth-order valence-electron chi connectivity index (χ4n) is 1.80. The van der Waals surface area contributed by atoms with Crippen LogP contribution in [0.15, 0.2) is 36.5 Å². The second kappa shape index (κ2) is 6.53. The summed E-state index contributed by atoms with van der Waals surface area (Å²) in [6.07, 6.45) is 1.72. The molecule has 116 valence electrons. The van der Waals surface area contributed by atoms with E-state index in [1.807, 2.05) is 25.1 Å². The van der Waals surface area contributed by atoms with Gasteiger partial charge in [-0.05, 0) is 51.1 Å². The zero-order valence-corrected chi connectivity index (χ0v) is 12.9. The van der Waals surface area contributed by atoms with E-state index < -0.39 is 5.54 Å². The van der Waals surface area contributed by atoms with Gasteiger partial charge in [0.05, 0.1) is 12.1 Å².